The molecule has 1 aliphatic carbocycles. The first-order valence-electron chi connectivity index (χ1n) is 14.4. The second-order valence-electron chi connectivity index (χ2n) is 11.1. The van der Waals surface area contributed by atoms with Gasteiger partial charge >= 0.3 is 5.92 Å². The topological polar surface area (TPSA) is 138 Å². The maximum Gasteiger partial charge on any atom is 0.315 e. The zero-order valence-electron chi connectivity index (χ0n) is 23.5. The van der Waals surface area contributed by atoms with Gasteiger partial charge in [0.15, 0.2) is 11.5 Å². The number of benzene rings is 1. The summed E-state index contributed by atoms with van der Waals surface area (Å²) in [5, 5.41) is 11.3. The SMILES string of the molecule is NNNC=NCC(O)(C1CCC(F)CC1F)C(F)(F)C1=NCC(OC2=NCC(CNOCc3ccccc3)CC2)CC1. The van der Waals surface area contributed by atoms with E-state index in [-0.39, 0.29) is 38.1 Å². The lowest BCUT2D eigenvalue weighted by molar-refractivity contribution is -0.184. The molecule has 42 heavy (non-hydrogen) atoms. The number of hydroxylamine groups is 1. The van der Waals surface area contributed by atoms with Crippen molar-refractivity contribution in [3.63, 3.8) is 0 Å². The van der Waals surface area contributed by atoms with E-state index in [1.54, 1.807) is 0 Å². The molecule has 6 atom stereocenters. The second kappa shape index (κ2) is 15.2. The van der Waals surface area contributed by atoms with E-state index in [9.17, 15) is 13.9 Å². The number of aliphatic hydroxyl groups is 1. The van der Waals surface area contributed by atoms with Crippen molar-refractivity contribution in [2.24, 2.45) is 32.7 Å². The van der Waals surface area contributed by atoms with Gasteiger partial charge in [-0.3, -0.25) is 31.1 Å². The fraction of sp³-hybridized carbons (Fsp3) is 0.679. The molecule has 1 fully saturated rings. The highest BCUT2D eigenvalue weighted by molar-refractivity contribution is 5.93. The van der Waals surface area contributed by atoms with Crippen LogP contribution in [0.5, 0.6) is 0 Å². The number of rotatable bonds is 13. The van der Waals surface area contributed by atoms with Gasteiger partial charge < -0.3 is 9.84 Å². The van der Waals surface area contributed by atoms with E-state index in [0.717, 1.165) is 18.3 Å². The van der Waals surface area contributed by atoms with Gasteiger partial charge in [-0.2, -0.15) is 14.3 Å². The van der Waals surface area contributed by atoms with E-state index in [1.807, 2.05) is 30.3 Å². The number of ether oxygens (including phenoxy) is 1. The van der Waals surface area contributed by atoms with Crippen LogP contribution in [0.25, 0.3) is 0 Å². The van der Waals surface area contributed by atoms with Crippen LogP contribution in [0.2, 0.25) is 0 Å². The summed E-state index contributed by atoms with van der Waals surface area (Å²) >= 11 is 0. The van der Waals surface area contributed by atoms with Crippen molar-refractivity contribution >= 4 is 17.9 Å². The van der Waals surface area contributed by atoms with Crippen LogP contribution in [-0.2, 0) is 16.2 Å². The Kier molecular flexibility index (Phi) is 11.7. The minimum absolute atomic E-state index is 0.0451. The van der Waals surface area contributed by atoms with Gasteiger partial charge in [0.2, 0.25) is 0 Å². The quantitative estimate of drug-likeness (QED) is 0.0587. The third-order valence-corrected chi connectivity index (χ3v) is 8.14. The Bertz CT molecular complexity index is 1080. The van der Waals surface area contributed by atoms with Gasteiger partial charge in [0.1, 0.15) is 18.4 Å². The number of nitrogens with two attached hydrogens (primary N) is 1. The highest BCUT2D eigenvalue weighted by Gasteiger charge is 2.62. The molecule has 6 unspecified atom stereocenters. The fourth-order valence-corrected chi connectivity index (χ4v) is 5.67. The van der Waals surface area contributed by atoms with E-state index < -0.39 is 54.6 Å². The van der Waals surface area contributed by atoms with Crippen LogP contribution < -0.4 is 22.3 Å². The number of nitrogens with zero attached hydrogens (tertiary/aromatic N) is 3. The summed E-state index contributed by atoms with van der Waals surface area (Å²) in [6.45, 7) is 0.809. The van der Waals surface area contributed by atoms with E-state index >= 15 is 8.78 Å². The molecule has 10 nitrogen and oxygen atoms in total. The normalized spacial score (nSPS) is 28.6. The molecule has 0 saturated heterocycles. The van der Waals surface area contributed by atoms with Crippen molar-refractivity contribution < 1.29 is 32.2 Å². The smallest absolute Gasteiger partial charge is 0.315 e. The van der Waals surface area contributed by atoms with Gasteiger partial charge in [-0.25, -0.2) is 14.3 Å². The zero-order chi connectivity index (χ0) is 30.0. The monoisotopic (exact) mass is 599 g/mol. The average molecular weight is 600 g/mol. The van der Waals surface area contributed by atoms with Gasteiger partial charge in [-0.1, -0.05) is 30.3 Å². The van der Waals surface area contributed by atoms with E-state index in [0.29, 0.717) is 32.0 Å². The molecular formula is C28H41F4N7O3. The van der Waals surface area contributed by atoms with Crippen molar-refractivity contribution in [3.8, 4) is 0 Å². The van der Waals surface area contributed by atoms with Crippen LogP contribution in [0, 0.1) is 11.8 Å². The molecule has 4 rings (SSSR count). The predicted octanol–water partition coefficient (Wildman–Crippen LogP) is 2.98. The van der Waals surface area contributed by atoms with Crippen LogP contribution >= 0.6 is 0 Å². The summed E-state index contributed by atoms with van der Waals surface area (Å²) in [5.74, 6) is 0.527. The molecule has 0 spiro atoms. The molecule has 1 saturated carbocycles. The van der Waals surface area contributed by atoms with Crippen LogP contribution in [0.1, 0.15) is 50.5 Å². The van der Waals surface area contributed by atoms with Crippen molar-refractivity contribution in [1.82, 2.24) is 16.4 Å². The van der Waals surface area contributed by atoms with Crippen molar-refractivity contribution in [2.75, 3.05) is 26.2 Å². The summed E-state index contributed by atoms with van der Waals surface area (Å²) in [7, 11) is 0. The van der Waals surface area contributed by atoms with Crippen LogP contribution in [0.4, 0.5) is 17.6 Å². The van der Waals surface area contributed by atoms with Crippen molar-refractivity contribution in [1.29, 1.82) is 0 Å². The first-order valence-corrected chi connectivity index (χ1v) is 14.4. The lowest BCUT2D eigenvalue weighted by atomic mass is 9.70. The first kappa shape index (κ1) is 32.3. The molecular weight excluding hydrogens is 558 g/mol. The van der Waals surface area contributed by atoms with Gasteiger partial charge in [0.05, 0.1) is 31.7 Å². The maximum absolute atomic E-state index is 15.9. The third-order valence-electron chi connectivity index (χ3n) is 8.14. The Labute approximate surface area is 243 Å². The molecule has 0 amide bonds. The molecule has 2 heterocycles. The maximum atomic E-state index is 15.9. The number of alkyl halides is 4. The first-order chi connectivity index (χ1) is 20.2. The summed E-state index contributed by atoms with van der Waals surface area (Å²) in [5.41, 5.74) is 5.00. The minimum atomic E-state index is -3.89. The average Bonchev–Trinajstić information content (AvgIpc) is 2.99. The highest BCUT2D eigenvalue weighted by atomic mass is 19.3. The molecule has 1 aromatic rings. The molecule has 234 valence electrons. The van der Waals surface area contributed by atoms with E-state index in [4.69, 9.17) is 15.4 Å². The number of hydrazine groups is 2. The predicted molar refractivity (Wildman–Crippen MR) is 152 cm³/mol. The Hall–Kier alpha value is -2.65. The highest BCUT2D eigenvalue weighted by Crippen LogP contribution is 2.46. The number of halogens is 4. The molecule has 14 heteroatoms. The Morgan fingerprint density at radius 2 is 1.88 bits per heavy atom. The van der Waals surface area contributed by atoms with Crippen LogP contribution in [0.15, 0.2) is 45.3 Å². The number of aliphatic imine (C=N–C) groups is 3. The van der Waals surface area contributed by atoms with Gasteiger partial charge in [0.25, 0.3) is 0 Å². The molecule has 1 aromatic carbocycles. The summed E-state index contributed by atoms with van der Waals surface area (Å²) < 4.78 is 66.4. The summed E-state index contributed by atoms with van der Waals surface area (Å²) in [6, 6.07) is 9.84. The van der Waals surface area contributed by atoms with Gasteiger partial charge in [-0.05, 0) is 43.6 Å². The molecule has 0 bridgehead atoms. The van der Waals surface area contributed by atoms with Gasteiger partial charge in [0, 0.05) is 31.8 Å². The van der Waals surface area contributed by atoms with E-state index in [2.05, 4.69) is 31.4 Å². The Morgan fingerprint density at radius 1 is 1.07 bits per heavy atom. The standard InChI is InChI=1S/C28H41F4N7O3/c29-21-7-9-23(24(30)12-21)27(40,17-34-18-37-39-33)28(31,32)25-10-8-22(15-35-25)42-26-11-6-20(13-36-26)14-38-41-16-19-4-2-1-3-5-19/h1-5,18,20-24,38-40H,6-17,33H2,(H,34,37). The molecule has 6 N–H and O–H groups in total. The largest absolute Gasteiger partial charge is 0.476 e. The van der Waals surface area contributed by atoms with Gasteiger partial charge in [-0.15, -0.1) is 0 Å². The van der Waals surface area contributed by atoms with Crippen molar-refractivity contribution in [3.05, 3.63) is 35.9 Å². The number of nitrogens with one attached hydrogen (secondary N) is 3. The molecule has 0 aromatic heterocycles. The summed E-state index contributed by atoms with van der Waals surface area (Å²) in [6.07, 6.45) is -2.18. The Morgan fingerprint density at radius 3 is 2.55 bits per heavy atom. The van der Waals surface area contributed by atoms with Crippen LogP contribution in [-0.4, -0.2) is 79.2 Å². The lowest BCUT2D eigenvalue weighted by Gasteiger charge is -2.45. The third kappa shape index (κ3) is 8.25. The van der Waals surface area contributed by atoms with Crippen LogP contribution in [0.3, 0.4) is 0 Å². The fourth-order valence-electron chi connectivity index (χ4n) is 5.67. The molecule has 0 radical (unpaired) electrons. The van der Waals surface area contributed by atoms with E-state index in [1.165, 1.54) is 0 Å². The number of hydrogen-bond acceptors (Lipinski definition) is 9. The Balaban J connectivity index is 1.30. The number of hydrogen-bond donors (Lipinski definition) is 5. The minimum Gasteiger partial charge on any atom is -0.476 e. The molecule has 2 aliphatic heterocycles. The summed E-state index contributed by atoms with van der Waals surface area (Å²) in [4.78, 5) is 17.9. The zero-order valence-corrected chi connectivity index (χ0v) is 23.5. The second-order valence-corrected chi connectivity index (χ2v) is 11.1. The lowest BCUT2D eigenvalue weighted by Crippen LogP contribution is -2.63. The van der Waals surface area contributed by atoms with Crippen molar-refractivity contribution in [2.45, 2.75) is 81.5 Å². The molecule has 3 aliphatic rings.